The van der Waals surface area contributed by atoms with Gasteiger partial charge in [-0.3, -0.25) is 14.2 Å². The summed E-state index contributed by atoms with van der Waals surface area (Å²) < 4.78 is 13.2. The van der Waals surface area contributed by atoms with Gasteiger partial charge in [-0.15, -0.1) is 0 Å². The molecule has 2 unspecified atom stereocenters. The first-order valence-corrected chi connectivity index (χ1v) is 13.4. The van der Waals surface area contributed by atoms with Gasteiger partial charge in [-0.25, -0.2) is 0 Å². The minimum absolute atomic E-state index is 0.176. The van der Waals surface area contributed by atoms with Gasteiger partial charge in [0.2, 0.25) is 13.3 Å². The number of carboxylic acids is 1. The number of nitrogens with one attached hydrogen (secondary N) is 1. The third kappa shape index (κ3) is 7.62. The largest absolute Gasteiger partial charge is 0.480 e. The highest BCUT2D eigenvalue weighted by atomic mass is 31.2. The fourth-order valence-corrected chi connectivity index (χ4v) is 5.52. The zero-order chi connectivity index (χ0) is 25.4. The van der Waals surface area contributed by atoms with Crippen LogP contribution in [0, 0.1) is 5.92 Å². The second-order valence-electron chi connectivity index (χ2n) is 8.73. The molecule has 0 aliphatic heterocycles. The van der Waals surface area contributed by atoms with E-state index in [1.807, 2.05) is 84.9 Å². The van der Waals surface area contributed by atoms with Crippen molar-refractivity contribution in [2.75, 3.05) is 6.16 Å². The van der Waals surface area contributed by atoms with Crippen LogP contribution in [0.3, 0.4) is 0 Å². The Labute approximate surface area is 205 Å². The van der Waals surface area contributed by atoms with Gasteiger partial charge in [-0.05, 0) is 42.0 Å². The van der Waals surface area contributed by atoms with E-state index >= 15 is 0 Å². The number of carbonyl (C=O) groups is 2. The number of hydrogen-bond donors (Lipinski definition) is 4. The standard InChI is InChI=1S/C27H31N2O5P/c1-19(27(31)32)29-26(30)24(18-35(33,34)25(28)17-20-8-4-2-5-9-20)16-21-12-14-23(15-13-21)22-10-6-3-7-11-22/h2-15,19,24-25H,16-18,28H2,1H3,(H,29,30)(H,31,32)(H,33,34)/t19-,24+,25?/m0/s1. The number of hydrogen-bond acceptors (Lipinski definition) is 4. The number of benzene rings is 3. The smallest absolute Gasteiger partial charge is 0.325 e. The zero-order valence-electron chi connectivity index (χ0n) is 19.6. The first-order valence-electron chi connectivity index (χ1n) is 11.4. The van der Waals surface area contributed by atoms with Gasteiger partial charge in [0.15, 0.2) is 0 Å². The van der Waals surface area contributed by atoms with E-state index in [9.17, 15) is 24.2 Å². The van der Waals surface area contributed by atoms with Crippen molar-refractivity contribution in [2.45, 2.75) is 31.6 Å². The van der Waals surface area contributed by atoms with Crippen LogP contribution in [0.5, 0.6) is 0 Å². The second kappa shape index (κ2) is 11.9. The summed E-state index contributed by atoms with van der Waals surface area (Å²) in [5.74, 6) is -3.74. The summed E-state index contributed by atoms with van der Waals surface area (Å²) in [6, 6.07) is 25.5. The van der Waals surface area contributed by atoms with Crippen molar-refractivity contribution in [3.05, 3.63) is 96.1 Å². The summed E-state index contributed by atoms with van der Waals surface area (Å²) >= 11 is 0. The molecule has 3 aromatic rings. The molecule has 4 atom stereocenters. The SMILES string of the molecule is C[C@H](NC(=O)[C@H](Cc1ccc(-c2ccccc2)cc1)CP(=O)(O)C(N)Cc1ccccc1)C(=O)O. The lowest BCUT2D eigenvalue weighted by Crippen LogP contribution is -2.43. The molecule has 8 heteroatoms. The van der Waals surface area contributed by atoms with E-state index in [1.54, 1.807) is 0 Å². The Balaban J connectivity index is 1.78. The summed E-state index contributed by atoms with van der Waals surface area (Å²) in [6.07, 6.45) is 0.0235. The van der Waals surface area contributed by atoms with Gasteiger partial charge in [0.05, 0.1) is 11.7 Å². The van der Waals surface area contributed by atoms with Crippen LogP contribution in [0.4, 0.5) is 0 Å². The molecule has 0 fully saturated rings. The molecule has 0 saturated heterocycles. The van der Waals surface area contributed by atoms with Crippen molar-refractivity contribution in [1.82, 2.24) is 5.32 Å². The van der Waals surface area contributed by atoms with E-state index in [0.29, 0.717) is 0 Å². The van der Waals surface area contributed by atoms with Crippen LogP contribution in [-0.4, -0.2) is 39.9 Å². The average molecular weight is 495 g/mol. The molecule has 0 spiro atoms. The fraction of sp³-hybridized carbons (Fsp3) is 0.259. The van der Waals surface area contributed by atoms with E-state index < -0.39 is 37.0 Å². The van der Waals surface area contributed by atoms with Gasteiger partial charge in [0.25, 0.3) is 0 Å². The molecule has 0 aliphatic carbocycles. The van der Waals surface area contributed by atoms with Crippen molar-refractivity contribution in [3.63, 3.8) is 0 Å². The van der Waals surface area contributed by atoms with E-state index in [4.69, 9.17) is 5.73 Å². The zero-order valence-corrected chi connectivity index (χ0v) is 20.5. The monoisotopic (exact) mass is 494 g/mol. The topological polar surface area (TPSA) is 130 Å². The first kappa shape index (κ1) is 26.4. The molecule has 3 aromatic carbocycles. The molecule has 0 radical (unpaired) electrons. The molecule has 1 amide bonds. The van der Waals surface area contributed by atoms with E-state index in [2.05, 4.69) is 5.32 Å². The highest BCUT2D eigenvalue weighted by molar-refractivity contribution is 7.58. The predicted octanol–water partition coefficient (Wildman–Crippen LogP) is 3.90. The quantitative estimate of drug-likeness (QED) is 0.299. The van der Waals surface area contributed by atoms with Crippen LogP contribution >= 0.6 is 7.37 Å². The minimum Gasteiger partial charge on any atom is -0.480 e. The van der Waals surface area contributed by atoms with E-state index in [1.165, 1.54) is 6.92 Å². The van der Waals surface area contributed by atoms with Gasteiger partial charge in [0, 0.05) is 6.16 Å². The van der Waals surface area contributed by atoms with Crippen LogP contribution in [0.25, 0.3) is 11.1 Å². The summed E-state index contributed by atoms with van der Waals surface area (Å²) in [7, 11) is -3.95. The number of rotatable bonds is 11. The molecular weight excluding hydrogens is 463 g/mol. The predicted molar refractivity (Wildman–Crippen MR) is 137 cm³/mol. The fourth-order valence-electron chi connectivity index (χ4n) is 3.83. The van der Waals surface area contributed by atoms with Crippen LogP contribution in [-0.2, 0) is 27.0 Å². The third-order valence-corrected chi connectivity index (χ3v) is 8.11. The number of carbonyl (C=O) groups excluding carboxylic acids is 1. The maximum absolute atomic E-state index is 13.2. The number of carboxylic acid groups (broad SMARTS) is 1. The maximum Gasteiger partial charge on any atom is 0.325 e. The molecule has 7 nitrogen and oxygen atoms in total. The summed E-state index contributed by atoms with van der Waals surface area (Å²) in [5, 5.41) is 11.6. The van der Waals surface area contributed by atoms with Crippen molar-refractivity contribution in [1.29, 1.82) is 0 Å². The van der Waals surface area contributed by atoms with Crippen LogP contribution in [0.2, 0.25) is 0 Å². The lowest BCUT2D eigenvalue weighted by molar-refractivity contribution is -0.141. The molecule has 184 valence electrons. The van der Waals surface area contributed by atoms with Gasteiger partial charge >= 0.3 is 5.97 Å². The summed E-state index contributed by atoms with van der Waals surface area (Å²) in [5.41, 5.74) is 9.80. The molecule has 0 aliphatic rings. The molecule has 0 saturated carbocycles. The Morgan fingerprint density at radius 2 is 1.37 bits per heavy atom. The Hall–Kier alpha value is -3.25. The lowest BCUT2D eigenvalue weighted by Gasteiger charge is -2.25. The third-order valence-electron chi connectivity index (χ3n) is 5.93. The average Bonchev–Trinajstić information content (AvgIpc) is 2.85. The van der Waals surface area contributed by atoms with Crippen molar-refractivity contribution in [2.24, 2.45) is 11.7 Å². The molecule has 3 rings (SSSR count). The van der Waals surface area contributed by atoms with Gasteiger partial charge in [-0.1, -0.05) is 84.9 Å². The van der Waals surface area contributed by atoms with Crippen molar-refractivity contribution >= 4 is 19.2 Å². The Morgan fingerprint density at radius 1 is 0.857 bits per heavy atom. The van der Waals surface area contributed by atoms with E-state index in [-0.39, 0.29) is 19.0 Å². The van der Waals surface area contributed by atoms with Gasteiger partial charge in [0.1, 0.15) is 6.04 Å². The van der Waals surface area contributed by atoms with Gasteiger partial charge < -0.3 is 21.1 Å². The Morgan fingerprint density at radius 3 is 1.94 bits per heavy atom. The highest BCUT2D eigenvalue weighted by Gasteiger charge is 2.35. The molecule has 35 heavy (non-hydrogen) atoms. The normalized spacial score (nSPS) is 15.4. The molecule has 5 N–H and O–H groups in total. The van der Waals surface area contributed by atoms with Crippen molar-refractivity contribution < 1.29 is 24.2 Å². The van der Waals surface area contributed by atoms with Crippen LogP contribution < -0.4 is 11.1 Å². The van der Waals surface area contributed by atoms with Crippen molar-refractivity contribution in [3.8, 4) is 11.1 Å². The molecule has 0 bridgehead atoms. The highest BCUT2D eigenvalue weighted by Crippen LogP contribution is 2.47. The number of nitrogens with two attached hydrogens (primary N) is 1. The molecular formula is C27H31N2O5P. The van der Waals surface area contributed by atoms with Crippen LogP contribution in [0.1, 0.15) is 18.1 Å². The number of aliphatic carboxylic acids is 1. The minimum atomic E-state index is -3.95. The Kier molecular flexibility index (Phi) is 8.99. The lowest BCUT2D eigenvalue weighted by atomic mass is 9.97. The van der Waals surface area contributed by atoms with Crippen LogP contribution in [0.15, 0.2) is 84.9 Å². The second-order valence-corrected chi connectivity index (χ2v) is 11.3. The van der Waals surface area contributed by atoms with Gasteiger partial charge in [-0.2, -0.15) is 0 Å². The molecule has 0 heterocycles. The first-order chi connectivity index (χ1) is 16.7. The maximum atomic E-state index is 13.2. The number of amides is 1. The summed E-state index contributed by atoms with van der Waals surface area (Å²) in [4.78, 5) is 35.0. The van der Waals surface area contributed by atoms with E-state index in [0.717, 1.165) is 22.3 Å². The summed E-state index contributed by atoms with van der Waals surface area (Å²) in [6.45, 7) is 1.35. The molecule has 0 aromatic heterocycles. The Bertz CT molecular complexity index is 1170.